The van der Waals surface area contributed by atoms with Gasteiger partial charge in [-0.2, -0.15) is 9.97 Å². The van der Waals surface area contributed by atoms with Crippen molar-refractivity contribution in [2.75, 3.05) is 41.9 Å². The maximum absolute atomic E-state index is 12.7. The summed E-state index contributed by atoms with van der Waals surface area (Å²) in [6.45, 7) is 15.0. The van der Waals surface area contributed by atoms with Gasteiger partial charge < -0.3 is 10.2 Å². The topological polar surface area (TPSA) is 64.6 Å². The summed E-state index contributed by atoms with van der Waals surface area (Å²) in [5.74, 6) is 2.14. The summed E-state index contributed by atoms with van der Waals surface area (Å²) >= 11 is 0. The van der Waals surface area contributed by atoms with Crippen LogP contribution in [-0.4, -0.2) is 47.6 Å². The molecule has 0 aliphatic carbocycles. The van der Waals surface area contributed by atoms with E-state index in [0.29, 0.717) is 24.6 Å². The molecule has 0 radical (unpaired) electrons. The number of allylic oxidation sites excluding steroid dienone is 1. The lowest BCUT2D eigenvalue weighted by Gasteiger charge is -2.44. The van der Waals surface area contributed by atoms with E-state index < -0.39 is 0 Å². The van der Waals surface area contributed by atoms with E-state index in [0.717, 1.165) is 42.3 Å². The Bertz CT molecular complexity index is 1000. The molecule has 3 heterocycles. The van der Waals surface area contributed by atoms with E-state index in [4.69, 9.17) is 9.97 Å². The number of benzene rings is 1. The highest BCUT2D eigenvalue weighted by Gasteiger charge is 2.35. The summed E-state index contributed by atoms with van der Waals surface area (Å²) in [6.07, 6.45) is 2.70. The number of carbonyl (C=O) groups is 1. The minimum atomic E-state index is -0.0124. The molecule has 0 unspecified atom stereocenters. The molecule has 0 bridgehead atoms. The molecule has 0 spiro atoms. The maximum atomic E-state index is 12.7. The third-order valence-corrected chi connectivity index (χ3v) is 5.72. The Morgan fingerprint density at radius 2 is 1.88 bits per heavy atom. The number of carbonyl (C=O) groups excluding carboxylic acids is 1. The molecule has 7 heteroatoms. The lowest BCUT2D eigenvalue weighted by Crippen LogP contribution is -2.61. The van der Waals surface area contributed by atoms with Crippen molar-refractivity contribution in [1.29, 1.82) is 0 Å². The van der Waals surface area contributed by atoms with Gasteiger partial charge in [0.1, 0.15) is 11.6 Å². The van der Waals surface area contributed by atoms with Gasteiger partial charge in [0.05, 0.1) is 18.7 Å². The molecule has 0 atom stereocenters. The van der Waals surface area contributed by atoms with Crippen molar-refractivity contribution in [2.24, 2.45) is 0 Å². The van der Waals surface area contributed by atoms with Gasteiger partial charge in [-0.3, -0.25) is 4.79 Å². The number of fused-ring (bicyclic) bond motifs is 1. The van der Waals surface area contributed by atoms with Crippen molar-refractivity contribution in [3.8, 4) is 0 Å². The fourth-order valence-corrected chi connectivity index (χ4v) is 3.79. The molecule has 2 aliphatic rings. The lowest BCUT2D eigenvalue weighted by molar-refractivity contribution is -0.130. The van der Waals surface area contributed by atoms with E-state index in [9.17, 15) is 4.79 Å². The normalized spacial score (nSPS) is 15.5. The lowest BCUT2D eigenvalue weighted by atomic mass is 10.00. The van der Waals surface area contributed by atoms with Crippen LogP contribution in [0.2, 0.25) is 0 Å². The molecule has 1 amide bonds. The van der Waals surface area contributed by atoms with Crippen LogP contribution < -0.4 is 15.2 Å². The first kappa shape index (κ1) is 23.3. The van der Waals surface area contributed by atoms with Gasteiger partial charge in [0.25, 0.3) is 5.91 Å². The van der Waals surface area contributed by atoms with Gasteiger partial charge in [-0.15, -0.1) is 0 Å². The van der Waals surface area contributed by atoms with Crippen molar-refractivity contribution in [3.05, 3.63) is 59.7 Å². The van der Waals surface area contributed by atoms with Crippen LogP contribution in [0, 0.1) is 0 Å². The molecule has 4 rings (SSSR count). The number of amides is 1. The van der Waals surface area contributed by atoms with Gasteiger partial charge >= 0.3 is 0 Å². The molecular formula is C25H34N6O. The van der Waals surface area contributed by atoms with Gasteiger partial charge in [-0.25, -0.2) is 10.0 Å². The summed E-state index contributed by atoms with van der Waals surface area (Å²) < 4.78 is 0. The Hall–Kier alpha value is -3.35. The molecule has 0 saturated carbocycles. The molecule has 7 nitrogen and oxygen atoms in total. The molecule has 2 aliphatic heterocycles. The molecule has 170 valence electrons. The Kier molecular flexibility index (Phi) is 7.51. The summed E-state index contributed by atoms with van der Waals surface area (Å²) in [4.78, 5) is 24.6. The number of nitrogens with one attached hydrogen (secondary N) is 1. The first-order valence-electron chi connectivity index (χ1n) is 11.3. The van der Waals surface area contributed by atoms with Gasteiger partial charge in [0, 0.05) is 25.7 Å². The van der Waals surface area contributed by atoms with Crippen molar-refractivity contribution < 1.29 is 4.79 Å². The zero-order chi connectivity index (χ0) is 23.3. The van der Waals surface area contributed by atoms with E-state index in [-0.39, 0.29) is 5.91 Å². The number of hydrogen-bond acceptors (Lipinski definition) is 6. The molecule has 1 aromatic carbocycles. The second-order valence-corrected chi connectivity index (χ2v) is 7.60. The zero-order valence-electron chi connectivity index (χ0n) is 19.9. The van der Waals surface area contributed by atoms with Crippen molar-refractivity contribution in [1.82, 2.24) is 15.0 Å². The highest BCUT2D eigenvalue weighted by Crippen LogP contribution is 2.39. The monoisotopic (exact) mass is 434 g/mol. The number of nitrogens with zero attached hydrogens (tertiary/aromatic N) is 5. The van der Waals surface area contributed by atoms with E-state index >= 15 is 0 Å². The van der Waals surface area contributed by atoms with E-state index in [1.165, 1.54) is 5.56 Å². The van der Waals surface area contributed by atoms with Gasteiger partial charge in [0.15, 0.2) is 0 Å². The Morgan fingerprint density at radius 1 is 1.16 bits per heavy atom. The number of anilines is 3. The average Bonchev–Trinajstić information content (AvgIpc) is 2.81. The SMILES string of the molecule is C=C1CCN(Cc2ccccc2)c2nc(N3CCN3C(=O)/C(C)=C/C)nc(NC)c21.CC. The van der Waals surface area contributed by atoms with Crippen molar-refractivity contribution in [2.45, 2.75) is 40.7 Å². The highest BCUT2D eigenvalue weighted by molar-refractivity contribution is 5.94. The number of hydrogen-bond donors (Lipinski definition) is 1. The summed E-state index contributed by atoms with van der Waals surface area (Å²) in [5.41, 5.74) is 3.94. The van der Waals surface area contributed by atoms with Crippen LogP contribution >= 0.6 is 0 Å². The number of hydrazine groups is 1. The first-order chi connectivity index (χ1) is 15.5. The Balaban J connectivity index is 0.00000141. The fourth-order valence-electron chi connectivity index (χ4n) is 3.79. The van der Waals surface area contributed by atoms with Crippen molar-refractivity contribution >= 4 is 29.1 Å². The minimum absolute atomic E-state index is 0.0124. The Labute approximate surface area is 191 Å². The zero-order valence-corrected chi connectivity index (χ0v) is 19.9. The maximum Gasteiger partial charge on any atom is 0.267 e. The van der Waals surface area contributed by atoms with Gasteiger partial charge in [-0.05, 0) is 31.4 Å². The molecule has 1 aromatic heterocycles. The predicted octanol–water partition coefficient (Wildman–Crippen LogP) is 4.50. The van der Waals surface area contributed by atoms with Crippen LogP contribution in [0.25, 0.3) is 5.57 Å². The quantitative estimate of drug-likeness (QED) is 0.699. The smallest absolute Gasteiger partial charge is 0.267 e. The van der Waals surface area contributed by atoms with Crippen LogP contribution in [0.4, 0.5) is 17.6 Å². The second kappa shape index (κ2) is 10.3. The molecule has 32 heavy (non-hydrogen) atoms. The fraction of sp³-hybridized carbons (Fsp3) is 0.400. The van der Waals surface area contributed by atoms with Gasteiger partial charge in [-0.1, -0.05) is 56.8 Å². The van der Waals surface area contributed by atoms with E-state index in [2.05, 4.69) is 41.1 Å². The number of aromatic nitrogens is 2. The number of rotatable bonds is 5. The summed E-state index contributed by atoms with van der Waals surface area (Å²) in [7, 11) is 1.86. The van der Waals surface area contributed by atoms with Gasteiger partial charge in [0.2, 0.25) is 5.95 Å². The highest BCUT2D eigenvalue weighted by atomic mass is 16.2. The van der Waals surface area contributed by atoms with Crippen LogP contribution in [-0.2, 0) is 11.3 Å². The molecule has 1 saturated heterocycles. The van der Waals surface area contributed by atoms with Crippen LogP contribution in [0.15, 0.2) is 48.6 Å². The standard InChI is InChI=1S/C23H28N6O.C2H6/c1-5-16(2)22(30)28-13-14-29(28)23-25-20(24-4)19-17(3)11-12-27(21(19)26-23)15-18-9-7-6-8-10-18;1-2/h5-10H,3,11-15H2,1-2,4H3,(H,24,25,26);1-2H3/b16-5+;. The first-order valence-corrected chi connectivity index (χ1v) is 11.3. The van der Waals surface area contributed by atoms with Crippen LogP contribution in [0.1, 0.15) is 45.2 Å². The largest absolute Gasteiger partial charge is 0.372 e. The molecule has 2 aromatic rings. The second-order valence-electron chi connectivity index (χ2n) is 7.60. The third kappa shape index (κ3) is 4.47. The van der Waals surface area contributed by atoms with Crippen LogP contribution in [0.3, 0.4) is 0 Å². The van der Waals surface area contributed by atoms with E-state index in [1.807, 2.05) is 51.9 Å². The third-order valence-electron chi connectivity index (χ3n) is 5.72. The minimum Gasteiger partial charge on any atom is -0.372 e. The molecular weight excluding hydrogens is 400 g/mol. The summed E-state index contributed by atoms with van der Waals surface area (Å²) in [6, 6.07) is 10.4. The Morgan fingerprint density at radius 3 is 2.47 bits per heavy atom. The summed E-state index contributed by atoms with van der Waals surface area (Å²) in [5, 5.41) is 6.77. The van der Waals surface area contributed by atoms with E-state index in [1.54, 1.807) is 5.01 Å². The van der Waals surface area contributed by atoms with Crippen LogP contribution in [0.5, 0.6) is 0 Å². The molecule has 1 N–H and O–H groups in total. The predicted molar refractivity (Wildman–Crippen MR) is 133 cm³/mol. The molecule has 1 fully saturated rings. The average molecular weight is 435 g/mol. The van der Waals surface area contributed by atoms with Crippen molar-refractivity contribution in [3.63, 3.8) is 0 Å².